The Labute approximate surface area is 222 Å². The monoisotopic (exact) mass is 499 g/mol. The molecule has 1 aliphatic rings. The first-order valence-electron chi connectivity index (χ1n) is 13.6. The smallest absolute Gasteiger partial charge is 0.315 e. The number of nitrogens with zero attached hydrogens (tertiary/aromatic N) is 1. The highest BCUT2D eigenvalue weighted by Crippen LogP contribution is 2.36. The predicted molar refractivity (Wildman–Crippen MR) is 153 cm³/mol. The van der Waals surface area contributed by atoms with Crippen molar-refractivity contribution in [2.24, 2.45) is 0 Å². The summed E-state index contributed by atoms with van der Waals surface area (Å²) in [5.74, 6) is 1.10. The van der Waals surface area contributed by atoms with E-state index in [9.17, 15) is 4.79 Å². The maximum Gasteiger partial charge on any atom is 0.315 e. The average Bonchev–Trinajstić information content (AvgIpc) is 2.93. The summed E-state index contributed by atoms with van der Waals surface area (Å²) in [6.45, 7) is 3.80. The molecular formula is C32H41N3O2. The van der Waals surface area contributed by atoms with Gasteiger partial charge in [-0.05, 0) is 72.2 Å². The van der Waals surface area contributed by atoms with Crippen LogP contribution in [0.15, 0.2) is 72.8 Å². The summed E-state index contributed by atoms with van der Waals surface area (Å²) in [7, 11) is 3.85. The first-order chi connectivity index (χ1) is 18.1. The molecule has 196 valence electrons. The highest BCUT2D eigenvalue weighted by molar-refractivity contribution is 5.74. The molecule has 5 nitrogen and oxygen atoms in total. The molecule has 0 saturated heterocycles. The highest BCUT2D eigenvalue weighted by Gasteiger charge is 2.31. The maximum absolute atomic E-state index is 13.0. The molecule has 0 heterocycles. The number of hydrogen-bond donors (Lipinski definition) is 2. The van der Waals surface area contributed by atoms with Gasteiger partial charge in [-0.3, -0.25) is 0 Å². The third-order valence-corrected chi connectivity index (χ3v) is 7.50. The van der Waals surface area contributed by atoms with Crippen LogP contribution in [0.1, 0.15) is 60.8 Å². The molecule has 2 atom stereocenters. The molecule has 0 radical (unpaired) electrons. The van der Waals surface area contributed by atoms with Crippen LogP contribution in [-0.2, 0) is 19.4 Å². The van der Waals surface area contributed by atoms with Gasteiger partial charge in [0, 0.05) is 37.8 Å². The van der Waals surface area contributed by atoms with E-state index in [0.29, 0.717) is 6.54 Å². The molecule has 1 aliphatic carbocycles. The molecule has 3 aromatic carbocycles. The number of hydrogen-bond acceptors (Lipinski definition) is 3. The van der Waals surface area contributed by atoms with Gasteiger partial charge in [-0.2, -0.15) is 0 Å². The number of rotatable bonds is 11. The molecule has 5 heteroatoms. The lowest BCUT2D eigenvalue weighted by atomic mass is 9.76. The number of carbonyl (C=O) groups is 1. The summed E-state index contributed by atoms with van der Waals surface area (Å²) < 4.78 is 5.46. The normalized spacial score (nSPS) is 16.5. The van der Waals surface area contributed by atoms with E-state index in [1.165, 1.54) is 41.6 Å². The Morgan fingerprint density at radius 3 is 2.51 bits per heavy atom. The van der Waals surface area contributed by atoms with Gasteiger partial charge in [0.25, 0.3) is 0 Å². The molecule has 0 spiro atoms. The molecule has 2 N–H and O–H groups in total. The molecule has 0 aromatic heterocycles. The molecule has 4 rings (SSSR count). The Kier molecular flexibility index (Phi) is 9.47. The number of urea groups is 1. The Balaban J connectivity index is 1.37. The molecule has 0 bridgehead atoms. The van der Waals surface area contributed by atoms with Crippen LogP contribution in [0.2, 0.25) is 0 Å². The van der Waals surface area contributed by atoms with Gasteiger partial charge in [0.05, 0.1) is 7.11 Å². The van der Waals surface area contributed by atoms with Gasteiger partial charge < -0.3 is 20.3 Å². The van der Waals surface area contributed by atoms with E-state index in [4.69, 9.17) is 4.74 Å². The Morgan fingerprint density at radius 2 is 1.78 bits per heavy atom. The molecule has 0 aliphatic heterocycles. The van der Waals surface area contributed by atoms with Crippen molar-refractivity contribution in [3.63, 3.8) is 0 Å². The summed E-state index contributed by atoms with van der Waals surface area (Å²) in [5, 5.41) is 6.38. The number of nitrogens with one attached hydrogen (secondary N) is 2. The number of carbonyl (C=O) groups excluding carboxylic acids is 1. The van der Waals surface area contributed by atoms with Crippen LogP contribution < -0.4 is 20.3 Å². The largest absolute Gasteiger partial charge is 0.497 e. The van der Waals surface area contributed by atoms with Crippen LogP contribution in [0.4, 0.5) is 10.5 Å². The number of benzene rings is 3. The standard InChI is InChI=1S/C32H41N3O2/c1-4-5-9-20-35(2)27-15-12-25(13-16-27)23-33-32(36)34-31-19-14-26-22-28(37-3)17-18-29(26)30(31)21-24-10-7-6-8-11-24/h6-8,10-13,15-18,22,30-31H,4-5,9,14,19-21,23H2,1-3H3,(H2,33,34,36). The Bertz CT molecular complexity index is 1130. The number of amides is 2. The minimum atomic E-state index is -0.110. The fourth-order valence-electron chi connectivity index (χ4n) is 5.31. The van der Waals surface area contributed by atoms with Crippen LogP contribution in [-0.4, -0.2) is 32.8 Å². The molecule has 3 aromatic rings. The average molecular weight is 500 g/mol. The molecular weight excluding hydrogens is 458 g/mol. The molecule has 0 saturated carbocycles. The topological polar surface area (TPSA) is 53.6 Å². The quantitative estimate of drug-likeness (QED) is 0.298. The second kappa shape index (κ2) is 13.2. The number of unbranched alkanes of at least 4 members (excludes halogenated alkanes) is 2. The summed E-state index contributed by atoms with van der Waals surface area (Å²) in [4.78, 5) is 15.3. The van der Waals surface area contributed by atoms with Crippen molar-refractivity contribution < 1.29 is 9.53 Å². The van der Waals surface area contributed by atoms with E-state index in [1.807, 2.05) is 12.1 Å². The van der Waals surface area contributed by atoms with Crippen LogP contribution in [0.5, 0.6) is 5.75 Å². The fourth-order valence-corrected chi connectivity index (χ4v) is 5.31. The van der Waals surface area contributed by atoms with Crippen LogP contribution in [0.25, 0.3) is 0 Å². The molecule has 0 fully saturated rings. The predicted octanol–water partition coefficient (Wildman–Crippen LogP) is 6.46. The fraction of sp³-hybridized carbons (Fsp3) is 0.406. The number of ether oxygens (including phenoxy) is 1. The summed E-state index contributed by atoms with van der Waals surface area (Å²) in [6, 6.07) is 25.3. The van der Waals surface area contributed by atoms with E-state index in [2.05, 4.69) is 90.2 Å². The van der Waals surface area contributed by atoms with E-state index in [0.717, 1.165) is 37.1 Å². The van der Waals surface area contributed by atoms with Gasteiger partial charge in [0.15, 0.2) is 0 Å². The van der Waals surface area contributed by atoms with Gasteiger partial charge in [-0.15, -0.1) is 0 Å². The zero-order valence-electron chi connectivity index (χ0n) is 22.5. The van der Waals surface area contributed by atoms with Crippen molar-refractivity contribution in [3.05, 3.63) is 95.1 Å². The van der Waals surface area contributed by atoms with E-state index in [-0.39, 0.29) is 18.0 Å². The summed E-state index contributed by atoms with van der Waals surface area (Å²) in [6.07, 6.45) is 6.42. The lowest BCUT2D eigenvalue weighted by Crippen LogP contribution is -2.46. The third-order valence-electron chi connectivity index (χ3n) is 7.50. The first-order valence-corrected chi connectivity index (χ1v) is 13.6. The van der Waals surface area contributed by atoms with Crippen molar-refractivity contribution in [2.45, 2.75) is 64.0 Å². The van der Waals surface area contributed by atoms with Crippen LogP contribution in [0.3, 0.4) is 0 Å². The van der Waals surface area contributed by atoms with E-state index < -0.39 is 0 Å². The van der Waals surface area contributed by atoms with Gasteiger partial charge in [0.2, 0.25) is 0 Å². The Morgan fingerprint density at radius 1 is 1.00 bits per heavy atom. The minimum Gasteiger partial charge on any atom is -0.497 e. The van der Waals surface area contributed by atoms with Crippen molar-refractivity contribution in [3.8, 4) is 5.75 Å². The van der Waals surface area contributed by atoms with Gasteiger partial charge in [0.1, 0.15) is 5.75 Å². The van der Waals surface area contributed by atoms with Crippen LogP contribution in [0, 0.1) is 0 Å². The number of aryl methyl sites for hydroxylation is 1. The second-order valence-electron chi connectivity index (χ2n) is 10.1. The Hall–Kier alpha value is -3.47. The molecule has 2 unspecified atom stereocenters. The number of anilines is 1. The SMILES string of the molecule is CCCCCN(C)c1ccc(CNC(=O)NC2CCc3cc(OC)ccc3C2Cc2ccccc2)cc1. The summed E-state index contributed by atoms with van der Waals surface area (Å²) >= 11 is 0. The van der Waals surface area contributed by atoms with E-state index in [1.54, 1.807) is 7.11 Å². The van der Waals surface area contributed by atoms with Crippen molar-refractivity contribution in [1.29, 1.82) is 0 Å². The van der Waals surface area contributed by atoms with Crippen molar-refractivity contribution >= 4 is 11.7 Å². The third kappa shape index (κ3) is 7.28. The van der Waals surface area contributed by atoms with Gasteiger partial charge in [-0.25, -0.2) is 4.79 Å². The van der Waals surface area contributed by atoms with Crippen molar-refractivity contribution in [2.75, 3.05) is 25.6 Å². The first kappa shape index (κ1) is 26.6. The lowest BCUT2D eigenvalue weighted by Gasteiger charge is -2.34. The van der Waals surface area contributed by atoms with Gasteiger partial charge in [-0.1, -0.05) is 68.3 Å². The number of methoxy groups -OCH3 is 1. The minimum absolute atomic E-state index is 0.0697. The van der Waals surface area contributed by atoms with E-state index >= 15 is 0 Å². The molecule has 2 amide bonds. The maximum atomic E-state index is 13.0. The zero-order valence-corrected chi connectivity index (χ0v) is 22.5. The highest BCUT2D eigenvalue weighted by atomic mass is 16.5. The van der Waals surface area contributed by atoms with Gasteiger partial charge >= 0.3 is 6.03 Å². The lowest BCUT2D eigenvalue weighted by molar-refractivity contribution is 0.232. The van der Waals surface area contributed by atoms with Crippen molar-refractivity contribution in [1.82, 2.24) is 10.6 Å². The zero-order chi connectivity index (χ0) is 26.0. The number of fused-ring (bicyclic) bond motifs is 1. The molecule has 37 heavy (non-hydrogen) atoms. The second-order valence-corrected chi connectivity index (χ2v) is 10.1. The van der Waals surface area contributed by atoms with Crippen LogP contribution >= 0.6 is 0 Å². The summed E-state index contributed by atoms with van der Waals surface area (Å²) in [5.41, 5.74) is 6.22.